The van der Waals surface area contributed by atoms with E-state index in [4.69, 9.17) is 9.84 Å². The Morgan fingerprint density at radius 3 is 2.52 bits per heavy atom. The lowest BCUT2D eigenvalue weighted by Gasteiger charge is -2.31. The zero-order valence-electron chi connectivity index (χ0n) is 15.6. The third-order valence-electron chi connectivity index (χ3n) is 4.82. The van der Waals surface area contributed by atoms with Gasteiger partial charge in [-0.25, -0.2) is 0 Å². The predicted octanol–water partition coefficient (Wildman–Crippen LogP) is -1.12. The molecule has 2 N–H and O–H groups in total. The molecule has 0 saturated carbocycles. The van der Waals surface area contributed by atoms with Gasteiger partial charge in [-0.05, 0) is 19.1 Å². The second-order valence-electron chi connectivity index (χ2n) is 6.66. The molecule has 1 aromatic heterocycles. The van der Waals surface area contributed by atoms with Crippen molar-refractivity contribution in [3.05, 3.63) is 51.9 Å². The number of piperazine rings is 1. The van der Waals surface area contributed by atoms with Crippen LogP contribution in [0.1, 0.15) is 16.1 Å². The lowest BCUT2D eigenvalue weighted by molar-refractivity contribution is -0.904. The SMILES string of the molecule is COc1cc(=O)n(-c2ccc(C)cc2)nc1C(=O)N1CC[NH+](CCO)CC1. The number of rotatable bonds is 5. The number of aliphatic hydroxyl groups is 1. The van der Waals surface area contributed by atoms with Gasteiger partial charge in [-0.1, -0.05) is 17.7 Å². The molecule has 0 atom stereocenters. The molecule has 8 heteroatoms. The maximum absolute atomic E-state index is 13.0. The van der Waals surface area contributed by atoms with Gasteiger partial charge in [-0.15, -0.1) is 0 Å². The maximum Gasteiger partial charge on any atom is 0.278 e. The normalized spacial score (nSPS) is 15.0. The minimum Gasteiger partial charge on any atom is -0.494 e. The van der Waals surface area contributed by atoms with Crippen LogP contribution in [0.5, 0.6) is 5.75 Å². The van der Waals surface area contributed by atoms with Crippen LogP contribution in [0.2, 0.25) is 0 Å². The highest BCUT2D eigenvalue weighted by Gasteiger charge is 2.28. The van der Waals surface area contributed by atoms with Gasteiger partial charge in [-0.3, -0.25) is 9.59 Å². The summed E-state index contributed by atoms with van der Waals surface area (Å²) in [6.07, 6.45) is 0. The molecule has 1 saturated heterocycles. The molecule has 144 valence electrons. The minimum absolute atomic E-state index is 0.128. The number of hydrogen-bond acceptors (Lipinski definition) is 5. The van der Waals surface area contributed by atoms with E-state index in [1.165, 1.54) is 22.8 Å². The van der Waals surface area contributed by atoms with E-state index in [1.807, 2.05) is 19.1 Å². The van der Waals surface area contributed by atoms with Crippen molar-refractivity contribution in [3.63, 3.8) is 0 Å². The number of aromatic nitrogens is 2. The van der Waals surface area contributed by atoms with Crippen LogP contribution < -0.4 is 15.2 Å². The number of nitrogens with zero attached hydrogens (tertiary/aromatic N) is 3. The fraction of sp³-hybridized carbons (Fsp3) is 0.421. The van der Waals surface area contributed by atoms with Gasteiger partial charge in [0.25, 0.3) is 11.5 Å². The third kappa shape index (κ3) is 4.17. The molecule has 1 amide bonds. The Morgan fingerprint density at radius 1 is 1.26 bits per heavy atom. The minimum atomic E-state index is -0.357. The van der Waals surface area contributed by atoms with E-state index in [-0.39, 0.29) is 29.5 Å². The summed E-state index contributed by atoms with van der Waals surface area (Å²) in [5.41, 5.74) is 1.44. The first-order valence-corrected chi connectivity index (χ1v) is 9.02. The zero-order valence-corrected chi connectivity index (χ0v) is 15.6. The fourth-order valence-corrected chi connectivity index (χ4v) is 3.20. The summed E-state index contributed by atoms with van der Waals surface area (Å²) in [6, 6.07) is 8.66. The number of carbonyl (C=O) groups is 1. The average Bonchev–Trinajstić information content (AvgIpc) is 2.69. The Morgan fingerprint density at radius 2 is 1.93 bits per heavy atom. The second kappa shape index (κ2) is 8.32. The molecule has 1 aliphatic heterocycles. The standard InChI is InChI=1S/C19H24N4O4/c1-14-3-5-15(6-4-14)23-17(25)13-16(27-2)18(20-23)19(26)22-9-7-21(8-10-22)11-12-24/h3-6,13,24H,7-12H2,1-2H3/p+1. The number of amides is 1. The summed E-state index contributed by atoms with van der Waals surface area (Å²) < 4.78 is 6.47. The summed E-state index contributed by atoms with van der Waals surface area (Å²) >= 11 is 0. The van der Waals surface area contributed by atoms with Crippen LogP contribution in [0.25, 0.3) is 5.69 Å². The zero-order chi connectivity index (χ0) is 19.4. The highest BCUT2D eigenvalue weighted by Crippen LogP contribution is 2.17. The maximum atomic E-state index is 13.0. The Labute approximate surface area is 157 Å². The molecule has 1 fully saturated rings. The lowest BCUT2D eigenvalue weighted by Crippen LogP contribution is -3.15. The molecule has 0 bridgehead atoms. The number of hydrogen-bond donors (Lipinski definition) is 2. The van der Waals surface area contributed by atoms with Gasteiger partial charge >= 0.3 is 0 Å². The molecular formula is C19H25N4O4+. The topological polar surface area (TPSA) is 89.1 Å². The van der Waals surface area contributed by atoms with E-state index >= 15 is 0 Å². The summed E-state index contributed by atoms with van der Waals surface area (Å²) in [7, 11) is 1.42. The van der Waals surface area contributed by atoms with Crippen molar-refractivity contribution in [2.75, 3.05) is 46.4 Å². The third-order valence-corrected chi connectivity index (χ3v) is 4.82. The molecule has 2 heterocycles. The Bertz CT molecular complexity index is 855. The number of aryl methyl sites for hydroxylation is 1. The van der Waals surface area contributed by atoms with E-state index in [2.05, 4.69) is 5.10 Å². The number of carbonyl (C=O) groups excluding carboxylic acids is 1. The first-order chi connectivity index (χ1) is 13.0. The van der Waals surface area contributed by atoms with Crippen LogP contribution in [-0.4, -0.2) is 72.1 Å². The number of benzene rings is 1. The van der Waals surface area contributed by atoms with Crippen molar-refractivity contribution in [2.24, 2.45) is 0 Å². The first-order valence-electron chi connectivity index (χ1n) is 9.02. The quantitative estimate of drug-likeness (QED) is 0.693. The molecule has 0 aliphatic carbocycles. The molecule has 2 aromatic rings. The van der Waals surface area contributed by atoms with Crippen LogP contribution >= 0.6 is 0 Å². The molecule has 3 rings (SSSR count). The van der Waals surface area contributed by atoms with Crippen LogP contribution in [-0.2, 0) is 0 Å². The van der Waals surface area contributed by atoms with Gasteiger partial charge in [0.1, 0.15) is 6.54 Å². The summed E-state index contributed by atoms with van der Waals surface area (Å²) in [5, 5.41) is 13.4. The summed E-state index contributed by atoms with van der Waals surface area (Å²) in [5.74, 6) is -0.0748. The number of nitrogens with one attached hydrogen (secondary N) is 1. The Hall–Kier alpha value is -2.71. The van der Waals surface area contributed by atoms with Crippen LogP contribution in [0, 0.1) is 6.92 Å². The van der Waals surface area contributed by atoms with Crippen molar-refractivity contribution in [2.45, 2.75) is 6.92 Å². The molecule has 27 heavy (non-hydrogen) atoms. The van der Waals surface area contributed by atoms with Crippen LogP contribution in [0.4, 0.5) is 0 Å². The monoisotopic (exact) mass is 373 g/mol. The van der Waals surface area contributed by atoms with Gasteiger partial charge < -0.3 is 19.6 Å². The van der Waals surface area contributed by atoms with Crippen molar-refractivity contribution < 1.29 is 19.5 Å². The van der Waals surface area contributed by atoms with E-state index in [1.54, 1.807) is 17.0 Å². The van der Waals surface area contributed by atoms with Crippen molar-refractivity contribution in [1.29, 1.82) is 0 Å². The van der Waals surface area contributed by atoms with E-state index in [0.717, 1.165) is 18.7 Å². The number of ether oxygens (including phenoxy) is 1. The fourth-order valence-electron chi connectivity index (χ4n) is 3.20. The Balaban J connectivity index is 1.90. The molecule has 8 nitrogen and oxygen atoms in total. The second-order valence-corrected chi connectivity index (χ2v) is 6.66. The average molecular weight is 373 g/mol. The molecule has 1 aromatic carbocycles. The number of methoxy groups -OCH3 is 1. The molecule has 0 unspecified atom stereocenters. The van der Waals surface area contributed by atoms with Crippen molar-refractivity contribution in [1.82, 2.24) is 14.7 Å². The van der Waals surface area contributed by atoms with Crippen LogP contribution in [0.15, 0.2) is 35.1 Å². The van der Waals surface area contributed by atoms with Gasteiger partial charge in [0.2, 0.25) is 0 Å². The molecule has 0 radical (unpaired) electrons. The predicted molar refractivity (Wildman–Crippen MR) is 99.7 cm³/mol. The van der Waals surface area contributed by atoms with Gasteiger partial charge in [0, 0.05) is 0 Å². The number of aliphatic hydroxyl groups excluding tert-OH is 1. The molecule has 1 aliphatic rings. The van der Waals surface area contributed by atoms with Gasteiger partial charge in [0.15, 0.2) is 11.4 Å². The lowest BCUT2D eigenvalue weighted by atomic mass is 10.2. The van der Waals surface area contributed by atoms with E-state index < -0.39 is 0 Å². The molecule has 0 spiro atoms. The highest BCUT2D eigenvalue weighted by atomic mass is 16.5. The van der Waals surface area contributed by atoms with Gasteiger partial charge in [0.05, 0.1) is 51.6 Å². The van der Waals surface area contributed by atoms with Crippen molar-refractivity contribution >= 4 is 5.91 Å². The first kappa shape index (κ1) is 19.1. The smallest absolute Gasteiger partial charge is 0.278 e. The van der Waals surface area contributed by atoms with E-state index in [9.17, 15) is 9.59 Å². The molecular weight excluding hydrogens is 348 g/mol. The largest absolute Gasteiger partial charge is 0.494 e. The van der Waals surface area contributed by atoms with E-state index in [0.29, 0.717) is 25.3 Å². The Kier molecular flexibility index (Phi) is 5.88. The highest BCUT2D eigenvalue weighted by molar-refractivity contribution is 5.94. The number of quaternary nitrogens is 1. The van der Waals surface area contributed by atoms with Crippen LogP contribution in [0.3, 0.4) is 0 Å². The summed E-state index contributed by atoms with van der Waals surface area (Å²) in [6.45, 7) is 5.47. The van der Waals surface area contributed by atoms with Gasteiger partial charge in [-0.2, -0.15) is 9.78 Å². The van der Waals surface area contributed by atoms with Crippen molar-refractivity contribution in [3.8, 4) is 11.4 Å². The summed E-state index contributed by atoms with van der Waals surface area (Å²) in [4.78, 5) is 28.4.